The highest BCUT2D eigenvalue weighted by Crippen LogP contribution is 2.25. The number of amides is 2. The minimum Gasteiger partial charge on any atom is -0.351 e. The van der Waals surface area contributed by atoms with E-state index in [1.54, 1.807) is 11.5 Å². The fourth-order valence-corrected chi connectivity index (χ4v) is 4.03. The highest BCUT2D eigenvalue weighted by atomic mass is 32.1. The lowest BCUT2D eigenvalue weighted by atomic mass is 9.94. The molecule has 28 heavy (non-hydrogen) atoms. The van der Waals surface area contributed by atoms with Gasteiger partial charge in [0.25, 0.3) is 5.91 Å². The maximum Gasteiger partial charge on any atom is 0.276 e. The van der Waals surface area contributed by atoms with Gasteiger partial charge in [0, 0.05) is 18.0 Å². The molecular weight excluding hydrogens is 372 g/mol. The Morgan fingerprint density at radius 2 is 2.00 bits per heavy atom. The number of benzene rings is 1. The lowest BCUT2D eigenvalue weighted by Crippen LogP contribution is -2.47. The molecule has 1 aliphatic rings. The molecule has 1 atom stereocenters. The van der Waals surface area contributed by atoms with Crippen LogP contribution in [-0.4, -0.2) is 38.9 Å². The number of rotatable bonds is 7. The zero-order valence-electron chi connectivity index (χ0n) is 16.1. The molecule has 1 N–H and O–H groups in total. The third-order valence-corrected chi connectivity index (χ3v) is 5.58. The van der Waals surface area contributed by atoms with Gasteiger partial charge in [-0.25, -0.2) is 0 Å². The molecular formula is C21H26N4O2S. The summed E-state index contributed by atoms with van der Waals surface area (Å²) < 4.78 is 3.79. The molecule has 0 bridgehead atoms. The molecule has 6 nitrogen and oxygen atoms in total. The van der Waals surface area contributed by atoms with Crippen LogP contribution in [-0.2, 0) is 4.79 Å². The summed E-state index contributed by atoms with van der Waals surface area (Å²) in [5, 5.41) is 8.67. The third kappa shape index (κ3) is 4.84. The Labute approximate surface area is 169 Å². The van der Waals surface area contributed by atoms with Crippen LogP contribution < -0.4 is 5.32 Å². The first kappa shape index (κ1) is 20.2. The summed E-state index contributed by atoms with van der Waals surface area (Å²) in [6.45, 7) is 6.01. The van der Waals surface area contributed by atoms with Gasteiger partial charge in [-0.1, -0.05) is 59.7 Å². The maximum absolute atomic E-state index is 13.3. The molecule has 0 unspecified atom stereocenters. The largest absolute Gasteiger partial charge is 0.351 e. The summed E-state index contributed by atoms with van der Waals surface area (Å²) >= 11 is 1.11. The van der Waals surface area contributed by atoms with Crippen molar-refractivity contribution in [3.05, 3.63) is 59.1 Å². The molecule has 2 amide bonds. The molecule has 0 spiro atoms. The summed E-state index contributed by atoms with van der Waals surface area (Å²) in [6, 6.07) is 7.14. The van der Waals surface area contributed by atoms with Crippen LogP contribution in [0.2, 0.25) is 0 Å². The van der Waals surface area contributed by atoms with Gasteiger partial charge in [0.1, 0.15) is 6.04 Å². The van der Waals surface area contributed by atoms with Crippen LogP contribution in [0.25, 0.3) is 0 Å². The van der Waals surface area contributed by atoms with Crippen molar-refractivity contribution in [1.82, 2.24) is 19.8 Å². The van der Waals surface area contributed by atoms with E-state index in [1.807, 2.05) is 31.2 Å². The monoisotopic (exact) mass is 398 g/mol. The van der Waals surface area contributed by atoms with E-state index in [4.69, 9.17) is 0 Å². The van der Waals surface area contributed by atoms with Crippen LogP contribution in [0.15, 0.2) is 42.3 Å². The summed E-state index contributed by atoms with van der Waals surface area (Å²) in [6.07, 6.45) is 7.06. The molecule has 0 radical (unpaired) electrons. The summed E-state index contributed by atoms with van der Waals surface area (Å²) in [5.74, 6) is -0.479. The number of nitrogens with one attached hydrogen (secondary N) is 1. The Bertz CT molecular complexity index is 798. The highest BCUT2D eigenvalue weighted by Gasteiger charge is 2.33. The smallest absolute Gasteiger partial charge is 0.276 e. The van der Waals surface area contributed by atoms with Crippen LogP contribution in [0, 0.1) is 6.92 Å². The molecule has 1 saturated carbocycles. The second-order valence-electron chi connectivity index (χ2n) is 7.19. The molecule has 1 aliphatic carbocycles. The maximum atomic E-state index is 13.3. The van der Waals surface area contributed by atoms with Crippen molar-refractivity contribution in [3.8, 4) is 0 Å². The SMILES string of the molecule is C=CCN(C(=O)c1csnn1)[C@H](C(=O)NC1CCCCC1)c1ccc(C)cc1. The highest BCUT2D eigenvalue weighted by molar-refractivity contribution is 7.03. The molecule has 0 aliphatic heterocycles. The third-order valence-electron chi connectivity index (χ3n) is 5.07. The van der Waals surface area contributed by atoms with Crippen molar-refractivity contribution in [1.29, 1.82) is 0 Å². The van der Waals surface area contributed by atoms with Crippen LogP contribution in [0.4, 0.5) is 0 Å². The average Bonchev–Trinajstić information content (AvgIpc) is 3.24. The molecule has 2 aromatic rings. The van der Waals surface area contributed by atoms with Crippen LogP contribution in [0.1, 0.15) is 59.8 Å². The van der Waals surface area contributed by atoms with Crippen molar-refractivity contribution in [2.45, 2.75) is 51.1 Å². The van der Waals surface area contributed by atoms with Gasteiger partial charge in [0.2, 0.25) is 5.91 Å². The van der Waals surface area contributed by atoms with Crippen LogP contribution in [0.3, 0.4) is 0 Å². The summed E-state index contributed by atoms with van der Waals surface area (Å²) in [4.78, 5) is 27.9. The predicted molar refractivity (Wildman–Crippen MR) is 110 cm³/mol. The van der Waals surface area contributed by atoms with E-state index in [0.29, 0.717) is 0 Å². The molecule has 7 heteroatoms. The summed E-state index contributed by atoms with van der Waals surface area (Å²) in [7, 11) is 0. The van der Waals surface area contributed by atoms with E-state index < -0.39 is 6.04 Å². The van der Waals surface area contributed by atoms with Crippen molar-refractivity contribution >= 4 is 23.3 Å². The Balaban J connectivity index is 1.92. The first-order chi connectivity index (χ1) is 13.6. The van der Waals surface area contributed by atoms with Gasteiger partial charge in [-0.15, -0.1) is 11.7 Å². The van der Waals surface area contributed by atoms with Crippen LogP contribution in [0.5, 0.6) is 0 Å². The molecule has 1 aromatic carbocycles. The number of nitrogens with zero attached hydrogens (tertiary/aromatic N) is 3. The Hall–Kier alpha value is -2.54. The predicted octanol–water partition coefficient (Wildman–Crippen LogP) is 3.66. The Morgan fingerprint density at radius 1 is 1.29 bits per heavy atom. The normalized spacial score (nSPS) is 15.6. The minimum atomic E-state index is -0.741. The average molecular weight is 399 g/mol. The Kier molecular flexibility index (Phi) is 6.92. The number of aromatic nitrogens is 2. The van der Waals surface area contributed by atoms with Crippen molar-refractivity contribution in [2.75, 3.05) is 6.54 Å². The van der Waals surface area contributed by atoms with Gasteiger partial charge >= 0.3 is 0 Å². The first-order valence-electron chi connectivity index (χ1n) is 9.66. The van der Waals surface area contributed by atoms with E-state index in [-0.39, 0.29) is 30.1 Å². The number of hydrogen-bond acceptors (Lipinski definition) is 5. The zero-order valence-corrected chi connectivity index (χ0v) is 17.0. The number of hydrogen-bond donors (Lipinski definition) is 1. The van der Waals surface area contributed by atoms with E-state index in [0.717, 1.165) is 48.3 Å². The van der Waals surface area contributed by atoms with Gasteiger partial charge in [-0.2, -0.15) is 0 Å². The van der Waals surface area contributed by atoms with Crippen molar-refractivity contribution < 1.29 is 9.59 Å². The lowest BCUT2D eigenvalue weighted by molar-refractivity contribution is -0.126. The van der Waals surface area contributed by atoms with Gasteiger partial charge in [0.15, 0.2) is 5.69 Å². The minimum absolute atomic E-state index is 0.158. The molecule has 1 heterocycles. The number of carbonyl (C=O) groups excluding carboxylic acids is 2. The topological polar surface area (TPSA) is 75.2 Å². The fourth-order valence-electron chi connectivity index (χ4n) is 3.60. The van der Waals surface area contributed by atoms with E-state index in [1.165, 1.54) is 11.3 Å². The second kappa shape index (κ2) is 9.59. The van der Waals surface area contributed by atoms with Gasteiger partial charge in [-0.3, -0.25) is 9.59 Å². The van der Waals surface area contributed by atoms with E-state index in [2.05, 4.69) is 21.5 Å². The summed E-state index contributed by atoms with van der Waals surface area (Å²) in [5.41, 5.74) is 2.12. The van der Waals surface area contributed by atoms with Gasteiger partial charge < -0.3 is 10.2 Å². The fraction of sp³-hybridized carbons (Fsp3) is 0.429. The zero-order chi connectivity index (χ0) is 19.9. The second-order valence-corrected chi connectivity index (χ2v) is 7.80. The van der Waals surface area contributed by atoms with Crippen molar-refractivity contribution in [2.24, 2.45) is 0 Å². The quantitative estimate of drug-likeness (QED) is 0.722. The van der Waals surface area contributed by atoms with E-state index in [9.17, 15) is 9.59 Å². The molecule has 148 valence electrons. The van der Waals surface area contributed by atoms with Crippen molar-refractivity contribution in [3.63, 3.8) is 0 Å². The lowest BCUT2D eigenvalue weighted by Gasteiger charge is -2.32. The molecule has 3 rings (SSSR count). The molecule has 0 saturated heterocycles. The Morgan fingerprint density at radius 3 is 2.61 bits per heavy atom. The first-order valence-corrected chi connectivity index (χ1v) is 10.5. The molecule has 1 fully saturated rings. The number of carbonyl (C=O) groups is 2. The van der Waals surface area contributed by atoms with Gasteiger partial charge in [0.05, 0.1) is 0 Å². The van der Waals surface area contributed by atoms with E-state index >= 15 is 0 Å². The standard InChI is InChI=1S/C21H26N4O2S/c1-3-13-25(21(27)18-14-28-24-23-18)19(16-11-9-15(2)10-12-16)20(26)22-17-7-5-4-6-8-17/h3,9-12,14,17,19H,1,4-8,13H2,2H3,(H,22,26)/t19-/m0/s1. The molecule has 1 aromatic heterocycles. The van der Waals surface area contributed by atoms with Gasteiger partial charge in [-0.05, 0) is 36.9 Å². The number of aryl methyl sites for hydroxylation is 1. The van der Waals surface area contributed by atoms with Crippen LogP contribution >= 0.6 is 11.5 Å².